The summed E-state index contributed by atoms with van der Waals surface area (Å²) >= 11 is 0. The largest absolute Gasteiger partial charge is 0.453 e. The van der Waals surface area contributed by atoms with Crippen molar-refractivity contribution in [3.8, 4) is 17.5 Å². The van der Waals surface area contributed by atoms with Crippen molar-refractivity contribution in [3.63, 3.8) is 0 Å². The summed E-state index contributed by atoms with van der Waals surface area (Å²) in [6.45, 7) is 0.784. The van der Waals surface area contributed by atoms with Gasteiger partial charge >= 0.3 is 6.09 Å². The highest BCUT2D eigenvalue weighted by atomic mass is 16.5. The summed E-state index contributed by atoms with van der Waals surface area (Å²) in [7, 11) is 1.39. The number of ether oxygens (including phenoxy) is 1. The average molecular weight is 615 g/mol. The molecule has 3 aliphatic carbocycles. The molecule has 2 amide bonds. The van der Waals surface area contributed by atoms with Crippen LogP contribution in [0.1, 0.15) is 75.3 Å². The quantitative estimate of drug-likeness (QED) is 0.239. The molecule has 0 atom stereocenters. The number of alkyl carbamates (subject to hydrolysis) is 1. The van der Waals surface area contributed by atoms with Gasteiger partial charge in [0, 0.05) is 42.2 Å². The first-order valence-electron chi connectivity index (χ1n) is 15.7. The van der Waals surface area contributed by atoms with Gasteiger partial charge in [0.25, 0.3) is 0 Å². The molecule has 0 spiro atoms. The highest BCUT2D eigenvalue weighted by molar-refractivity contribution is 5.81. The lowest BCUT2D eigenvalue weighted by Crippen LogP contribution is -2.37. The molecule has 13 nitrogen and oxygen atoms in total. The zero-order valence-corrected chi connectivity index (χ0v) is 25.6. The molecule has 3 aromatic heterocycles. The standard InChI is InChI=1S/C15H12N8.C10H17NO.C7H13NO2/c16-5-9-3-10-1-2-15(23(10)20-6-9)13-4-12(17)11(7-18-13)14-8-19-22-21-14;12-10(8-6-7-8)11-9-4-2-1-3-5-9;1-10-7(9)8-5-6-3-2-4-6/h1-4,6-8,19,21-22H,(H2,17,18);8-9H,1-7H2,(H,11,12);6H,2-5H2,1H3,(H,8,9). The van der Waals surface area contributed by atoms with Crippen molar-refractivity contribution in [2.24, 2.45) is 11.8 Å². The molecule has 0 unspecified atom stereocenters. The number of rotatable bonds is 6. The fourth-order valence-corrected chi connectivity index (χ4v) is 5.39. The number of hydrazine groups is 2. The smallest absolute Gasteiger partial charge is 0.406 e. The number of hydrogen-bond donors (Lipinski definition) is 6. The topological polar surface area (TPSA) is 184 Å². The Balaban J connectivity index is 0.000000152. The Bertz CT molecular complexity index is 1550. The van der Waals surface area contributed by atoms with Crippen molar-refractivity contribution >= 4 is 28.9 Å². The maximum absolute atomic E-state index is 11.4. The van der Waals surface area contributed by atoms with Crippen LogP contribution in [0.5, 0.6) is 0 Å². The predicted molar refractivity (Wildman–Crippen MR) is 170 cm³/mol. The normalized spacial score (nSPS) is 17.5. The summed E-state index contributed by atoms with van der Waals surface area (Å²) in [4.78, 5) is 26.4. The maximum Gasteiger partial charge on any atom is 0.406 e. The minimum absolute atomic E-state index is 0.313. The molecule has 0 aromatic carbocycles. The lowest BCUT2D eigenvalue weighted by atomic mass is 9.85. The number of amides is 2. The number of nitrogens with one attached hydrogen (secondary N) is 5. The fraction of sp³-hybridized carbons (Fsp3) is 0.469. The highest BCUT2D eigenvalue weighted by Crippen LogP contribution is 2.30. The summed E-state index contributed by atoms with van der Waals surface area (Å²) < 4.78 is 6.15. The number of nitrogens with zero attached hydrogens (tertiary/aromatic N) is 4. The highest BCUT2D eigenvalue weighted by Gasteiger charge is 2.31. The molecule has 3 aromatic rings. The van der Waals surface area contributed by atoms with Crippen molar-refractivity contribution in [1.29, 1.82) is 5.26 Å². The van der Waals surface area contributed by atoms with Crippen LogP contribution in [0.2, 0.25) is 0 Å². The molecule has 7 N–H and O–H groups in total. The molecule has 238 valence electrons. The number of carbonyl (C=O) groups excluding carboxylic acids is 2. The number of anilines is 1. The summed E-state index contributed by atoms with van der Waals surface area (Å²) in [6, 6.07) is 9.96. The van der Waals surface area contributed by atoms with Gasteiger partial charge in [-0.3, -0.25) is 9.78 Å². The van der Waals surface area contributed by atoms with Crippen LogP contribution >= 0.6 is 0 Å². The first-order chi connectivity index (χ1) is 21.9. The zero-order chi connectivity index (χ0) is 31.6. The zero-order valence-electron chi connectivity index (χ0n) is 25.6. The van der Waals surface area contributed by atoms with Crippen LogP contribution in [0.3, 0.4) is 0 Å². The van der Waals surface area contributed by atoms with E-state index in [1.165, 1.54) is 64.7 Å². The first kappa shape index (κ1) is 31.6. The number of carbonyl (C=O) groups is 2. The number of hydrogen-bond acceptors (Lipinski definition) is 10. The number of pyridine rings is 1. The molecule has 4 aliphatic rings. The van der Waals surface area contributed by atoms with Gasteiger partial charge in [-0.05, 0) is 68.7 Å². The van der Waals surface area contributed by atoms with Crippen LogP contribution in [0.25, 0.3) is 22.6 Å². The van der Waals surface area contributed by atoms with E-state index in [0.29, 0.717) is 40.7 Å². The van der Waals surface area contributed by atoms with Crippen molar-refractivity contribution in [2.75, 3.05) is 19.4 Å². The van der Waals surface area contributed by atoms with Gasteiger partial charge in [0.05, 0.1) is 41.5 Å². The number of nitrogens with two attached hydrogens (primary N) is 1. The van der Waals surface area contributed by atoms with E-state index in [1.54, 1.807) is 29.0 Å². The second kappa shape index (κ2) is 15.3. The van der Waals surface area contributed by atoms with E-state index in [4.69, 9.17) is 11.0 Å². The molecule has 3 fully saturated rings. The Labute approximate surface area is 262 Å². The van der Waals surface area contributed by atoms with Crippen LogP contribution in [-0.4, -0.2) is 46.3 Å². The summed E-state index contributed by atoms with van der Waals surface area (Å²) in [5, 5.41) is 19.0. The van der Waals surface area contributed by atoms with E-state index in [1.807, 2.05) is 12.1 Å². The number of nitrogen functional groups attached to an aromatic ring is 1. The Hall–Kier alpha value is -4.83. The SMILES string of the molecule is COC(=O)NCC1CCC1.N#Cc1cnn2c(-c3cc(N)c(C4=CNNN4)cn3)ccc2c1.O=C(NC1CCCCC1)C1CC1. The second-order valence-electron chi connectivity index (χ2n) is 11.8. The Kier molecular flexibility index (Phi) is 10.7. The van der Waals surface area contributed by atoms with Gasteiger partial charge in [0.1, 0.15) is 6.07 Å². The van der Waals surface area contributed by atoms with E-state index < -0.39 is 0 Å². The summed E-state index contributed by atoms with van der Waals surface area (Å²) in [5.41, 5.74) is 19.8. The Morgan fingerprint density at radius 2 is 1.89 bits per heavy atom. The van der Waals surface area contributed by atoms with Gasteiger partial charge in [0.15, 0.2) is 0 Å². The third kappa shape index (κ3) is 8.63. The van der Waals surface area contributed by atoms with Gasteiger partial charge < -0.3 is 32.0 Å². The van der Waals surface area contributed by atoms with Crippen molar-refractivity contribution in [2.45, 2.75) is 70.3 Å². The molecule has 45 heavy (non-hydrogen) atoms. The van der Waals surface area contributed by atoms with E-state index in [0.717, 1.165) is 41.9 Å². The van der Waals surface area contributed by atoms with Gasteiger partial charge in [0.2, 0.25) is 5.91 Å². The van der Waals surface area contributed by atoms with Gasteiger partial charge in [-0.1, -0.05) is 25.7 Å². The van der Waals surface area contributed by atoms with E-state index in [2.05, 4.69) is 47.9 Å². The Morgan fingerprint density at radius 3 is 2.51 bits per heavy atom. The molecule has 1 aliphatic heterocycles. The first-order valence-corrected chi connectivity index (χ1v) is 15.7. The van der Waals surface area contributed by atoms with E-state index in [-0.39, 0.29) is 6.09 Å². The third-order valence-electron chi connectivity index (χ3n) is 8.45. The minimum atomic E-state index is -0.313. The molecular weight excluding hydrogens is 572 g/mol. The van der Waals surface area contributed by atoms with Gasteiger partial charge in [-0.2, -0.15) is 15.9 Å². The number of fused-ring (bicyclic) bond motifs is 1. The van der Waals surface area contributed by atoms with Crippen molar-refractivity contribution in [3.05, 3.63) is 54.0 Å². The third-order valence-corrected chi connectivity index (χ3v) is 8.45. The molecular formula is C32H42N10O3. The van der Waals surface area contributed by atoms with Crippen LogP contribution in [0.4, 0.5) is 10.5 Å². The molecule has 0 radical (unpaired) electrons. The van der Waals surface area contributed by atoms with Crippen LogP contribution < -0.4 is 32.8 Å². The number of methoxy groups -OCH3 is 1. The van der Waals surface area contributed by atoms with E-state index in [9.17, 15) is 9.59 Å². The molecule has 3 saturated carbocycles. The number of aromatic nitrogens is 3. The van der Waals surface area contributed by atoms with Crippen molar-refractivity contribution in [1.82, 2.24) is 41.6 Å². The van der Waals surface area contributed by atoms with Crippen molar-refractivity contribution < 1.29 is 14.3 Å². The average Bonchev–Trinajstić information content (AvgIpc) is 3.59. The lowest BCUT2D eigenvalue weighted by molar-refractivity contribution is -0.123. The maximum atomic E-state index is 11.4. The summed E-state index contributed by atoms with van der Waals surface area (Å²) in [6.07, 6.45) is 17.1. The van der Waals surface area contributed by atoms with Crippen LogP contribution in [0, 0.1) is 23.2 Å². The second-order valence-corrected chi connectivity index (χ2v) is 11.8. The van der Waals surface area contributed by atoms with Gasteiger partial charge in [-0.15, -0.1) is 0 Å². The van der Waals surface area contributed by atoms with Gasteiger partial charge in [-0.25, -0.2) is 9.31 Å². The fourth-order valence-electron chi connectivity index (χ4n) is 5.39. The molecule has 0 saturated heterocycles. The molecule has 13 heteroatoms. The molecule has 7 rings (SSSR count). The lowest BCUT2D eigenvalue weighted by Gasteiger charge is -2.24. The summed E-state index contributed by atoms with van der Waals surface area (Å²) in [5.74, 6) is 1.41. The number of nitriles is 1. The van der Waals surface area contributed by atoms with E-state index >= 15 is 0 Å². The monoisotopic (exact) mass is 614 g/mol. The van der Waals surface area contributed by atoms with Crippen LogP contribution in [-0.2, 0) is 9.53 Å². The predicted octanol–water partition coefficient (Wildman–Crippen LogP) is 3.75. The Morgan fingerprint density at radius 1 is 1.09 bits per heavy atom. The minimum Gasteiger partial charge on any atom is -0.453 e. The molecule has 4 heterocycles. The molecule has 0 bridgehead atoms. The van der Waals surface area contributed by atoms with Crippen LogP contribution in [0.15, 0.2) is 42.9 Å².